The molecule has 0 radical (unpaired) electrons. The number of carbonyl (C=O) groups is 2. The van der Waals surface area contributed by atoms with E-state index in [-0.39, 0.29) is 5.69 Å². The van der Waals surface area contributed by atoms with Crippen molar-refractivity contribution in [2.24, 2.45) is 0 Å². The Hall–Kier alpha value is -2.86. The minimum atomic E-state index is -0.724. The zero-order valence-corrected chi connectivity index (χ0v) is 18.3. The van der Waals surface area contributed by atoms with E-state index >= 15 is 0 Å². The van der Waals surface area contributed by atoms with Crippen molar-refractivity contribution in [1.82, 2.24) is 4.57 Å². The molecular weight excluding hydrogens is 434 g/mol. The highest BCUT2D eigenvalue weighted by Gasteiger charge is 2.30. The predicted molar refractivity (Wildman–Crippen MR) is 116 cm³/mol. The minimum Gasteiger partial charge on any atom is -0.464 e. The van der Waals surface area contributed by atoms with Crippen LogP contribution in [0.2, 0.25) is 0 Å². The molecule has 6 heteroatoms. The average Bonchev–Trinajstić information content (AvgIpc) is 3.08. The molecule has 0 aliphatic heterocycles. The van der Waals surface area contributed by atoms with Gasteiger partial charge in [-0.2, -0.15) is 0 Å². The Bertz CT molecular complexity index is 1030. The molecule has 0 aliphatic rings. The predicted octanol–water partition coefficient (Wildman–Crippen LogP) is 6.15. The van der Waals surface area contributed by atoms with E-state index in [2.05, 4.69) is 15.9 Å². The third-order valence-electron chi connectivity index (χ3n) is 4.18. The van der Waals surface area contributed by atoms with Gasteiger partial charge < -0.3 is 9.47 Å². The first-order valence-electron chi connectivity index (χ1n) is 9.10. The van der Waals surface area contributed by atoms with Crippen LogP contribution < -0.4 is 0 Å². The monoisotopic (exact) mass is 455 g/mol. The normalized spacial score (nSPS) is 11.2. The Labute approximate surface area is 178 Å². The number of benzene rings is 2. The van der Waals surface area contributed by atoms with Crippen LogP contribution in [0.4, 0.5) is 4.79 Å². The van der Waals surface area contributed by atoms with Gasteiger partial charge in [0.2, 0.25) is 0 Å². The number of hydrogen-bond donors (Lipinski definition) is 0. The molecule has 0 saturated carbocycles. The third-order valence-corrected chi connectivity index (χ3v) is 4.71. The van der Waals surface area contributed by atoms with Crippen molar-refractivity contribution in [1.29, 1.82) is 0 Å². The molecule has 0 atom stereocenters. The summed E-state index contributed by atoms with van der Waals surface area (Å²) in [5, 5.41) is 0. The van der Waals surface area contributed by atoms with Gasteiger partial charge in [-0.3, -0.25) is 0 Å². The van der Waals surface area contributed by atoms with Gasteiger partial charge in [-0.05, 0) is 50.1 Å². The minimum absolute atomic E-state index is 0.130. The lowest BCUT2D eigenvalue weighted by Crippen LogP contribution is -2.29. The maximum Gasteiger partial charge on any atom is 0.419 e. The first-order valence-corrected chi connectivity index (χ1v) is 9.89. The van der Waals surface area contributed by atoms with Gasteiger partial charge in [-0.15, -0.1) is 0 Å². The van der Waals surface area contributed by atoms with E-state index in [0.717, 1.165) is 15.6 Å². The Morgan fingerprint density at radius 3 is 2.10 bits per heavy atom. The molecule has 0 unspecified atom stereocenters. The zero-order chi connectivity index (χ0) is 21.2. The van der Waals surface area contributed by atoms with Gasteiger partial charge in [0.15, 0.2) is 0 Å². The Morgan fingerprint density at radius 1 is 0.931 bits per heavy atom. The van der Waals surface area contributed by atoms with Gasteiger partial charge in [-0.25, -0.2) is 14.2 Å². The highest BCUT2D eigenvalue weighted by atomic mass is 79.9. The fourth-order valence-corrected chi connectivity index (χ4v) is 3.24. The third kappa shape index (κ3) is 4.59. The lowest BCUT2D eigenvalue weighted by atomic mass is 10.0. The van der Waals surface area contributed by atoms with E-state index in [1.807, 2.05) is 60.7 Å². The molecule has 0 N–H and O–H groups in total. The summed E-state index contributed by atoms with van der Waals surface area (Å²) in [5.74, 6) is -0.613. The number of methoxy groups -OCH3 is 1. The molecule has 150 valence electrons. The van der Waals surface area contributed by atoms with Crippen LogP contribution in [0.25, 0.3) is 22.4 Å². The lowest BCUT2D eigenvalue weighted by Gasteiger charge is -2.21. The van der Waals surface area contributed by atoms with Gasteiger partial charge >= 0.3 is 12.1 Å². The summed E-state index contributed by atoms with van der Waals surface area (Å²) in [5.41, 5.74) is 2.12. The second kappa shape index (κ2) is 8.25. The number of ether oxygens (including phenoxy) is 2. The molecule has 1 aromatic heterocycles. The number of rotatable bonds is 3. The molecule has 0 fully saturated rings. The molecule has 3 rings (SSSR count). The number of esters is 1. The van der Waals surface area contributed by atoms with Crippen molar-refractivity contribution in [3.05, 3.63) is 70.8 Å². The summed E-state index contributed by atoms with van der Waals surface area (Å²) < 4.78 is 12.8. The number of hydrogen-bond acceptors (Lipinski definition) is 4. The quantitative estimate of drug-likeness (QED) is 0.444. The maximum atomic E-state index is 13.1. The standard InChI is InChI=1S/C23H22BrNO4/c1-23(2,3)29-22(27)25-19(16-10-12-17(24)13-11-16)14-18(20(25)21(26)28-4)15-8-6-5-7-9-15/h5-14H,1-4H3. The molecule has 0 amide bonds. The molecule has 0 bridgehead atoms. The second-order valence-electron chi connectivity index (χ2n) is 7.47. The van der Waals surface area contributed by atoms with Crippen LogP contribution in [-0.4, -0.2) is 29.3 Å². The van der Waals surface area contributed by atoms with Crippen molar-refractivity contribution in [3.8, 4) is 22.4 Å². The molecular formula is C23H22BrNO4. The van der Waals surface area contributed by atoms with Crippen LogP contribution in [-0.2, 0) is 9.47 Å². The van der Waals surface area contributed by atoms with Crippen LogP contribution >= 0.6 is 15.9 Å². The van der Waals surface area contributed by atoms with Crippen LogP contribution in [0.3, 0.4) is 0 Å². The number of nitrogens with zero attached hydrogens (tertiary/aromatic N) is 1. The molecule has 0 spiro atoms. The average molecular weight is 456 g/mol. The van der Waals surface area contributed by atoms with Crippen molar-refractivity contribution >= 4 is 28.0 Å². The molecule has 0 aliphatic carbocycles. The van der Waals surface area contributed by atoms with Crippen LogP contribution in [0.1, 0.15) is 31.3 Å². The van der Waals surface area contributed by atoms with Gasteiger partial charge in [0.1, 0.15) is 11.3 Å². The van der Waals surface area contributed by atoms with Gasteiger partial charge in [0, 0.05) is 10.0 Å². The largest absolute Gasteiger partial charge is 0.464 e. The summed E-state index contributed by atoms with van der Waals surface area (Å²) in [7, 11) is 1.29. The number of aromatic nitrogens is 1. The summed E-state index contributed by atoms with van der Waals surface area (Å²) >= 11 is 3.42. The molecule has 3 aromatic rings. The first-order chi connectivity index (χ1) is 13.7. The molecule has 1 heterocycles. The zero-order valence-electron chi connectivity index (χ0n) is 16.7. The topological polar surface area (TPSA) is 57.5 Å². The second-order valence-corrected chi connectivity index (χ2v) is 8.39. The van der Waals surface area contributed by atoms with Crippen molar-refractivity contribution in [3.63, 3.8) is 0 Å². The molecule has 29 heavy (non-hydrogen) atoms. The highest BCUT2D eigenvalue weighted by molar-refractivity contribution is 9.10. The fraction of sp³-hybridized carbons (Fsp3) is 0.217. The van der Waals surface area contributed by atoms with Crippen molar-refractivity contribution < 1.29 is 19.1 Å². The van der Waals surface area contributed by atoms with E-state index < -0.39 is 17.7 Å². The van der Waals surface area contributed by atoms with Gasteiger partial charge in [0.25, 0.3) is 0 Å². The molecule has 5 nitrogen and oxygen atoms in total. The molecule has 2 aromatic carbocycles. The van der Waals surface area contributed by atoms with E-state index in [4.69, 9.17) is 9.47 Å². The van der Waals surface area contributed by atoms with Gasteiger partial charge in [-0.1, -0.05) is 58.4 Å². The maximum absolute atomic E-state index is 13.1. The Balaban J connectivity index is 2.31. The summed E-state index contributed by atoms with van der Waals surface area (Å²) in [4.78, 5) is 25.9. The first kappa shape index (κ1) is 20.9. The van der Waals surface area contributed by atoms with E-state index in [1.165, 1.54) is 11.7 Å². The number of halogens is 1. The summed E-state index contributed by atoms with van der Waals surface area (Å²) in [6.07, 6.45) is -0.641. The van der Waals surface area contributed by atoms with Crippen LogP contribution in [0.15, 0.2) is 65.1 Å². The van der Waals surface area contributed by atoms with Crippen molar-refractivity contribution in [2.45, 2.75) is 26.4 Å². The smallest absolute Gasteiger partial charge is 0.419 e. The summed E-state index contributed by atoms with van der Waals surface area (Å²) in [6.45, 7) is 5.34. The SMILES string of the molecule is COC(=O)c1c(-c2ccccc2)cc(-c2ccc(Br)cc2)n1C(=O)OC(C)(C)C. The Kier molecular flexibility index (Phi) is 5.94. The van der Waals surface area contributed by atoms with E-state index in [9.17, 15) is 9.59 Å². The van der Waals surface area contributed by atoms with E-state index in [0.29, 0.717) is 11.3 Å². The van der Waals surface area contributed by atoms with Gasteiger partial charge in [0.05, 0.1) is 12.8 Å². The molecule has 0 saturated heterocycles. The highest BCUT2D eigenvalue weighted by Crippen LogP contribution is 2.34. The fourth-order valence-electron chi connectivity index (χ4n) is 2.98. The summed E-state index contributed by atoms with van der Waals surface area (Å²) in [6, 6.07) is 18.7. The number of carbonyl (C=O) groups excluding carboxylic acids is 2. The Morgan fingerprint density at radius 2 is 1.55 bits per heavy atom. The van der Waals surface area contributed by atoms with Crippen LogP contribution in [0, 0.1) is 0 Å². The van der Waals surface area contributed by atoms with Crippen molar-refractivity contribution in [2.75, 3.05) is 7.11 Å². The van der Waals surface area contributed by atoms with E-state index in [1.54, 1.807) is 20.8 Å². The lowest BCUT2D eigenvalue weighted by molar-refractivity contribution is 0.0486. The van der Waals surface area contributed by atoms with Crippen LogP contribution in [0.5, 0.6) is 0 Å².